The molecule has 1 N–H and O–H groups in total. The molecule has 2 aromatic carbocycles. The van der Waals surface area contributed by atoms with Crippen molar-refractivity contribution >= 4 is 22.9 Å². The Labute approximate surface area is 144 Å². The van der Waals surface area contributed by atoms with Gasteiger partial charge in [0.2, 0.25) is 6.79 Å². The fourth-order valence-electron chi connectivity index (χ4n) is 2.86. The van der Waals surface area contributed by atoms with Crippen LogP contribution in [0.15, 0.2) is 40.8 Å². The maximum atomic E-state index is 9.69. The molecule has 25 heavy (non-hydrogen) atoms. The van der Waals surface area contributed by atoms with Crippen molar-refractivity contribution in [3.8, 4) is 23.0 Å². The number of phenols is 1. The van der Waals surface area contributed by atoms with Crippen LogP contribution >= 0.6 is 0 Å². The first-order valence-electron chi connectivity index (χ1n) is 7.86. The van der Waals surface area contributed by atoms with Gasteiger partial charge in [0.1, 0.15) is 0 Å². The van der Waals surface area contributed by atoms with E-state index in [0.717, 1.165) is 33.6 Å². The highest BCUT2D eigenvalue weighted by Crippen LogP contribution is 2.38. The molecule has 2 heterocycles. The molecule has 0 atom stereocenters. The minimum atomic E-state index is 0.109. The van der Waals surface area contributed by atoms with Crippen molar-refractivity contribution in [3.63, 3.8) is 0 Å². The van der Waals surface area contributed by atoms with Gasteiger partial charge in [-0.25, -0.2) is 4.42 Å². The highest BCUT2D eigenvalue weighted by Gasteiger charge is 2.20. The largest absolute Gasteiger partial charge is 0.504 e. The molecule has 0 radical (unpaired) electrons. The van der Waals surface area contributed by atoms with Gasteiger partial charge in [-0.15, -0.1) is 0 Å². The number of methoxy groups -OCH3 is 1. The highest BCUT2D eigenvalue weighted by molar-refractivity contribution is 5.93. The molecule has 1 aliphatic rings. The Morgan fingerprint density at radius 3 is 2.68 bits per heavy atom. The van der Waals surface area contributed by atoms with Crippen LogP contribution in [-0.2, 0) is 0 Å². The zero-order valence-corrected chi connectivity index (χ0v) is 13.9. The predicted octanol–water partition coefficient (Wildman–Crippen LogP) is 4.64. The minimum absolute atomic E-state index is 0.109. The lowest BCUT2D eigenvalue weighted by Crippen LogP contribution is -1.92. The third kappa shape index (κ3) is 2.85. The van der Waals surface area contributed by atoms with E-state index < -0.39 is 0 Å². The lowest BCUT2D eigenvalue weighted by atomic mass is 10.1. The van der Waals surface area contributed by atoms with Crippen LogP contribution in [0.3, 0.4) is 0 Å². The smallest absolute Gasteiger partial charge is 0.360 e. The summed E-state index contributed by atoms with van der Waals surface area (Å²) in [7, 11) is 1.52. The van der Waals surface area contributed by atoms with Crippen molar-refractivity contribution in [2.75, 3.05) is 13.9 Å². The maximum absolute atomic E-state index is 9.69. The standard InChI is InChI=1S/C20H16O5/c1-12-7-14-9-19-20(24-11-23-19)10-15(14)17(25-12)6-4-13-3-5-16(21)18(8-13)22-2/h3-10H,11H2,1-2H3/p+1. The molecule has 5 nitrogen and oxygen atoms in total. The van der Waals surface area contributed by atoms with E-state index >= 15 is 0 Å². The molecule has 0 aliphatic carbocycles. The van der Waals surface area contributed by atoms with Crippen LogP contribution in [0.25, 0.3) is 22.9 Å². The summed E-state index contributed by atoms with van der Waals surface area (Å²) in [5.74, 6) is 3.52. The second kappa shape index (κ2) is 6.02. The van der Waals surface area contributed by atoms with Crippen molar-refractivity contribution in [1.29, 1.82) is 0 Å². The van der Waals surface area contributed by atoms with Gasteiger partial charge in [-0.05, 0) is 29.8 Å². The Kier molecular flexibility index (Phi) is 3.69. The molecule has 5 heteroatoms. The molecule has 1 aliphatic heterocycles. The summed E-state index contributed by atoms with van der Waals surface area (Å²) < 4.78 is 21.9. The van der Waals surface area contributed by atoms with Crippen LogP contribution in [-0.4, -0.2) is 19.0 Å². The first-order chi connectivity index (χ1) is 12.1. The highest BCUT2D eigenvalue weighted by atomic mass is 16.7. The van der Waals surface area contributed by atoms with Crippen LogP contribution in [0.4, 0.5) is 0 Å². The van der Waals surface area contributed by atoms with Gasteiger partial charge in [0, 0.05) is 23.6 Å². The molecule has 0 bridgehead atoms. The number of fused-ring (bicyclic) bond motifs is 2. The normalized spacial score (nSPS) is 12.9. The van der Waals surface area contributed by atoms with Gasteiger partial charge in [0.25, 0.3) is 0 Å². The molecule has 0 fully saturated rings. The average Bonchev–Trinajstić information content (AvgIpc) is 3.06. The topological polar surface area (TPSA) is 59.2 Å². The monoisotopic (exact) mass is 337 g/mol. The second-order valence-corrected chi connectivity index (χ2v) is 5.78. The van der Waals surface area contributed by atoms with Crippen molar-refractivity contribution in [1.82, 2.24) is 0 Å². The van der Waals surface area contributed by atoms with Gasteiger partial charge in [-0.1, -0.05) is 6.07 Å². The lowest BCUT2D eigenvalue weighted by Gasteiger charge is -2.03. The number of phenolic OH excluding ortho intramolecular Hbond substituents is 1. The molecule has 4 rings (SSSR count). The summed E-state index contributed by atoms with van der Waals surface area (Å²) in [6.45, 7) is 2.14. The van der Waals surface area contributed by atoms with Crippen LogP contribution < -0.4 is 14.2 Å². The number of ether oxygens (including phenoxy) is 3. The Morgan fingerprint density at radius 1 is 1.08 bits per heavy atom. The van der Waals surface area contributed by atoms with Gasteiger partial charge < -0.3 is 19.3 Å². The predicted molar refractivity (Wildman–Crippen MR) is 95.1 cm³/mol. The first-order valence-corrected chi connectivity index (χ1v) is 7.86. The molecule has 0 spiro atoms. The summed E-state index contributed by atoms with van der Waals surface area (Å²) >= 11 is 0. The maximum Gasteiger partial charge on any atom is 0.360 e. The van der Waals surface area contributed by atoms with E-state index in [2.05, 4.69) is 0 Å². The van der Waals surface area contributed by atoms with Crippen molar-refractivity contribution in [2.45, 2.75) is 6.92 Å². The van der Waals surface area contributed by atoms with Crippen LogP contribution in [0.5, 0.6) is 23.0 Å². The number of rotatable bonds is 3. The van der Waals surface area contributed by atoms with Crippen molar-refractivity contribution in [2.24, 2.45) is 0 Å². The van der Waals surface area contributed by atoms with E-state index in [1.54, 1.807) is 18.2 Å². The lowest BCUT2D eigenvalue weighted by molar-refractivity contribution is 0.174. The number of hydrogen-bond acceptors (Lipinski definition) is 4. The molecular weight excluding hydrogens is 320 g/mol. The average molecular weight is 337 g/mol. The number of aryl methyl sites for hydroxylation is 1. The van der Waals surface area contributed by atoms with Crippen LogP contribution in [0.2, 0.25) is 0 Å². The summed E-state index contributed by atoms with van der Waals surface area (Å²) in [4.78, 5) is 0. The van der Waals surface area contributed by atoms with Gasteiger partial charge in [0.05, 0.1) is 19.4 Å². The van der Waals surface area contributed by atoms with E-state index in [-0.39, 0.29) is 12.5 Å². The number of benzene rings is 2. The Hall–Kier alpha value is -3.21. The van der Waals surface area contributed by atoms with E-state index in [1.165, 1.54) is 7.11 Å². The fourth-order valence-corrected chi connectivity index (χ4v) is 2.86. The summed E-state index contributed by atoms with van der Waals surface area (Å²) in [5.41, 5.74) is 0.889. The molecule has 0 saturated heterocycles. The molecular formula is C20H17O5+. The third-order valence-electron chi connectivity index (χ3n) is 4.07. The SMILES string of the molecule is COc1cc(C=Cc2[o+]c(C)cc3cc4c(cc23)OCO4)ccc1O. The molecule has 126 valence electrons. The molecule has 3 aromatic rings. The second-order valence-electron chi connectivity index (χ2n) is 5.78. The zero-order chi connectivity index (χ0) is 17.4. The molecule has 0 unspecified atom stereocenters. The number of aromatic hydroxyl groups is 1. The fraction of sp³-hybridized carbons (Fsp3) is 0.150. The minimum Gasteiger partial charge on any atom is -0.504 e. The van der Waals surface area contributed by atoms with Crippen molar-refractivity contribution < 1.29 is 23.7 Å². The molecule has 0 amide bonds. The van der Waals surface area contributed by atoms with Gasteiger partial charge in [0.15, 0.2) is 23.0 Å². The van der Waals surface area contributed by atoms with Gasteiger partial charge in [-0.3, -0.25) is 0 Å². The summed E-state index contributed by atoms with van der Waals surface area (Å²) in [6, 6.07) is 11.0. The molecule has 1 aromatic heterocycles. The third-order valence-corrected chi connectivity index (χ3v) is 4.07. The Morgan fingerprint density at radius 2 is 1.88 bits per heavy atom. The van der Waals surface area contributed by atoms with Crippen molar-refractivity contribution in [3.05, 3.63) is 53.5 Å². The molecule has 0 saturated carbocycles. The van der Waals surface area contributed by atoms with Gasteiger partial charge in [-0.2, -0.15) is 0 Å². The summed E-state index contributed by atoms with van der Waals surface area (Å²) in [5, 5.41) is 11.7. The van der Waals surface area contributed by atoms with E-state index in [4.69, 9.17) is 18.6 Å². The Bertz CT molecular complexity index is 991. The van der Waals surface area contributed by atoms with Crippen LogP contribution in [0.1, 0.15) is 17.1 Å². The zero-order valence-electron chi connectivity index (χ0n) is 13.9. The Balaban J connectivity index is 1.78. The quantitative estimate of drug-likeness (QED) is 0.706. The van der Waals surface area contributed by atoms with E-state index in [9.17, 15) is 5.11 Å². The summed E-state index contributed by atoms with van der Waals surface area (Å²) in [6.07, 6.45) is 3.80. The number of hydrogen-bond donors (Lipinski definition) is 1. The van der Waals surface area contributed by atoms with E-state index in [0.29, 0.717) is 11.5 Å². The van der Waals surface area contributed by atoms with E-state index in [1.807, 2.05) is 37.3 Å². The first kappa shape index (κ1) is 15.3. The van der Waals surface area contributed by atoms with Crippen LogP contribution in [0, 0.1) is 6.92 Å². The van der Waals surface area contributed by atoms with Gasteiger partial charge >= 0.3 is 11.5 Å².